The molecule has 1 aromatic rings. The number of methoxy groups -OCH3 is 1. The number of rotatable bonds is 5. The van der Waals surface area contributed by atoms with Gasteiger partial charge in [-0.2, -0.15) is 5.26 Å². The van der Waals surface area contributed by atoms with E-state index in [0.29, 0.717) is 12.1 Å². The van der Waals surface area contributed by atoms with Crippen LogP contribution in [0.4, 0.5) is 5.69 Å². The summed E-state index contributed by atoms with van der Waals surface area (Å²) in [5.74, 6) is 0. The third kappa shape index (κ3) is 4.00. The average molecular weight is 299 g/mol. The van der Waals surface area contributed by atoms with E-state index in [0.717, 1.165) is 10.2 Å². The number of ether oxygens (including phenoxy) is 1. The summed E-state index contributed by atoms with van der Waals surface area (Å²) in [4.78, 5) is 1.84. The van der Waals surface area contributed by atoms with Crippen LogP contribution in [0.3, 0.4) is 0 Å². The lowest BCUT2D eigenvalue weighted by atomic mass is 10.1. The number of aliphatic hydroxyl groups is 1. The van der Waals surface area contributed by atoms with Crippen molar-refractivity contribution in [3.05, 3.63) is 28.2 Å². The van der Waals surface area contributed by atoms with Crippen LogP contribution in [0, 0.1) is 11.3 Å². The Morgan fingerprint density at radius 2 is 2.29 bits per heavy atom. The molecule has 0 radical (unpaired) electrons. The predicted molar refractivity (Wildman–Crippen MR) is 70.0 cm³/mol. The van der Waals surface area contributed by atoms with Gasteiger partial charge in [0.05, 0.1) is 24.0 Å². The van der Waals surface area contributed by atoms with Crippen molar-refractivity contribution in [2.75, 3.05) is 32.2 Å². The summed E-state index contributed by atoms with van der Waals surface area (Å²) < 4.78 is 5.77. The van der Waals surface area contributed by atoms with E-state index in [4.69, 9.17) is 10.00 Å². The highest BCUT2D eigenvalue weighted by Crippen LogP contribution is 2.23. The van der Waals surface area contributed by atoms with Crippen LogP contribution in [0.2, 0.25) is 0 Å². The number of halogens is 1. The fraction of sp³-hybridized carbons (Fsp3) is 0.417. The van der Waals surface area contributed by atoms with Gasteiger partial charge in [-0.15, -0.1) is 0 Å². The first-order valence-corrected chi connectivity index (χ1v) is 5.95. The standard InChI is InChI=1S/C12H15BrN2O2/c1-15(7-11(16)8-17-2)12-5-10(13)4-3-9(12)6-14/h3-5,11,16H,7-8H2,1-2H3. The molecule has 0 spiro atoms. The zero-order valence-electron chi connectivity index (χ0n) is 9.85. The van der Waals surface area contributed by atoms with Crippen molar-refractivity contribution < 1.29 is 9.84 Å². The lowest BCUT2D eigenvalue weighted by Gasteiger charge is -2.23. The van der Waals surface area contributed by atoms with Crippen LogP contribution in [-0.2, 0) is 4.74 Å². The van der Waals surface area contributed by atoms with Crippen molar-refractivity contribution in [2.24, 2.45) is 0 Å². The van der Waals surface area contributed by atoms with Crippen LogP contribution in [0.25, 0.3) is 0 Å². The van der Waals surface area contributed by atoms with Gasteiger partial charge < -0.3 is 14.7 Å². The maximum atomic E-state index is 9.65. The van der Waals surface area contributed by atoms with Crippen molar-refractivity contribution in [1.29, 1.82) is 5.26 Å². The second kappa shape index (κ2) is 6.60. The van der Waals surface area contributed by atoms with Gasteiger partial charge in [-0.1, -0.05) is 15.9 Å². The van der Waals surface area contributed by atoms with Gasteiger partial charge in [0, 0.05) is 25.2 Å². The highest BCUT2D eigenvalue weighted by atomic mass is 79.9. The molecule has 1 atom stereocenters. The van der Waals surface area contributed by atoms with Gasteiger partial charge in [-0.05, 0) is 18.2 Å². The van der Waals surface area contributed by atoms with E-state index in [-0.39, 0.29) is 6.61 Å². The molecule has 0 aliphatic heterocycles. The number of nitriles is 1. The van der Waals surface area contributed by atoms with E-state index in [1.54, 1.807) is 13.2 Å². The van der Waals surface area contributed by atoms with Crippen molar-refractivity contribution in [2.45, 2.75) is 6.10 Å². The highest BCUT2D eigenvalue weighted by Gasteiger charge is 2.12. The molecule has 0 saturated heterocycles. The highest BCUT2D eigenvalue weighted by molar-refractivity contribution is 9.10. The molecule has 4 nitrogen and oxygen atoms in total. The molecule has 17 heavy (non-hydrogen) atoms. The monoisotopic (exact) mass is 298 g/mol. The summed E-state index contributed by atoms with van der Waals surface area (Å²) in [7, 11) is 3.38. The minimum absolute atomic E-state index is 0.278. The lowest BCUT2D eigenvalue weighted by molar-refractivity contribution is 0.0695. The molecule has 0 saturated carbocycles. The van der Waals surface area contributed by atoms with Crippen LogP contribution in [0.15, 0.2) is 22.7 Å². The summed E-state index contributed by atoms with van der Waals surface area (Å²) in [5, 5.41) is 18.7. The first-order chi connectivity index (χ1) is 8.08. The Balaban J connectivity index is 2.84. The Morgan fingerprint density at radius 3 is 2.88 bits per heavy atom. The first kappa shape index (κ1) is 14.0. The molecule has 92 valence electrons. The molecule has 1 N–H and O–H groups in total. The molecule has 0 amide bonds. The van der Waals surface area contributed by atoms with Crippen molar-refractivity contribution in [3.8, 4) is 6.07 Å². The summed E-state index contributed by atoms with van der Waals surface area (Å²) >= 11 is 3.37. The van der Waals surface area contributed by atoms with Gasteiger partial charge in [-0.3, -0.25) is 0 Å². The Labute approximate surface area is 110 Å². The second-order valence-electron chi connectivity index (χ2n) is 3.76. The molecule has 0 heterocycles. The van der Waals surface area contributed by atoms with Crippen LogP contribution in [0.5, 0.6) is 0 Å². The molecule has 0 aliphatic rings. The first-order valence-electron chi connectivity index (χ1n) is 5.16. The zero-order chi connectivity index (χ0) is 12.8. The van der Waals surface area contributed by atoms with Gasteiger partial charge >= 0.3 is 0 Å². The number of nitrogens with zero attached hydrogens (tertiary/aromatic N) is 2. The summed E-state index contributed by atoms with van der Waals surface area (Å²) in [5.41, 5.74) is 1.37. The van der Waals surface area contributed by atoms with E-state index < -0.39 is 6.10 Å². The number of hydrogen-bond acceptors (Lipinski definition) is 4. The van der Waals surface area contributed by atoms with Crippen LogP contribution < -0.4 is 4.90 Å². The molecule has 0 fully saturated rings. The molecular weight excluding hydrogens is 284 g/mol. The lowest BCUT2D eigenvalue weighted by Crippen LogP contribution is -2.32. The summed E-state index contributed by atoms with van der Waals surface area (Å²) in [6, 6.07) is 7.56. The van der Waals surface area contributed by atoms with E-state index >= 15 is 0 Å². The number of likely N-dealkylation sites (N-methyl/N-ethyl adjacent to an activating group) is 1. The zero-order valence-corrected chi connectivity index (χ0v) is 11.4. The van der Waals surface area contributed by atoms with Gasteiger partial charge in [-0.25, -0.2) is 0 Å². The molecule has 1 rings (SSSR count). The molecule has 0 aliphatic carbocycles. The molecule has 1 aromatic carbocycles. The molecular formula is C12H15BrN2O2. The predicted octanol–water partition coefficient (Wildman–Crippen LogP) is 1.76. The minimum Gasteiger partial charge on any atom is -0.389 e. The van der Waals surface area contributed by atoms with E-state index in [1.807, 2.05) is 24.1 Å². The maximum absolute atomic E-state index is 9.65. The number of anilines is 1. The summed E-state index contributed by atoms with van der Waals surface area (Å²) in [6.45, 7) is 0.694. The normalized spacial score (nSPS) is 11.9. The topological polar surface area (TPSA) is 56.5 Å². The molecule has 5 heteroatoms. The van der Waals surface area contributed by atoms with Crippen LogP contribution >= 0.6 is 15.9 Å². The number of benzene rings is 1. The quantitative estimate of drug-likeness (QED) is 0.900. The second-order valence-corrected chi connectivity index (χ2v) is 4.68. The van der Waals surface area contributed by atoms with Gasteiger partial charge in [0.1, 0.15) is 6.07 Å². The Morgan fingerprint density at radius 1 is 1.59 bits per heavy atom. The van der Waals surface area contributed by atoms with Crippen LogP contribution in [0.1, 0.15) is 5.56 Å². The smallest absolute Gasteiger partial charge is 0.101 e. The van der Waals surface area contributed by atoms with E-state index in [2.05, 4.69) is 22.0 Å². The van der Waals surface area contributed by atoms with Crippen molar-refractivity contribution in [3.63, 3.8) is 0 Å². The fourth-order valence-electron chi connectivity index (χ4n) is 1.57. The average Bonchev–Trinajstić information content (AvgIpc) is 2.29. The minimum atomic E-state index is -0.574. The van der Waals surface area contributed by atoms with Gasteiger partial charge in [0.2, 0.25) is 0 Å². The number of hydrogen-bond donors (Lipinski definition) is 1. The van der Waals surface area contributed by atoms with Gasteiger partial charge in [0.15, 0.2) is 0 Å². The maximum Gasteiger partial charge on any atom is 0.101 e. The van der Waals surface area contributed by atoms with Crippen molar-refractivity contribution >= 4 is 21.6 Å². The number of aliphatic hydroxyl groups excluding tert-OH is 1. The third-order valence-corrected chi connectivity index (χ3v) is 2.83. The Hall–Kier alpha value is -1.09. The third-order valence-electron chi connectivity index (χ3n) is 2.34. The Kier molecular flexibility index (Phi) is 5.42. The molecule has 1 unspecified atom stereocenters. The summed E-state index contributed by atoms with van der Waals surface area (Å²) in [6.07, 6.45) is -0.574. The van der Waals surface area contributed by atoms with Crippen molar-refractivity contribution in [1.82, 2.24) is 0 Å². The molecule has 0 bridgehead atoms. The fourth-order valence-corrected chi connectivity index (χ4v) is 1.92. The molecule has 0 aromatic heterocycles. The Bertz CT molecular complexity index is 417. The SMILES string of the molecule is COCC(O)CN(C)c1cc(Br)ccc1C#N. The largest absolute Gasteiger partial charge is 0.389 e. The van der Waals surface area contributed by atoms with Gasteiger partial charge in [0.25, 0.3) is 0 Å². The van der Waals surface area contributed by atoms with Crippen LogP contribution in [-0.4, -0.2) is 38.5 Å². The van der Waals surface area contributed by atoms with E-state index in [9.17, 15) is 5.11 Å². The van der Waals surface area contributed by atoms with E-state index in [1.165, 1.54) is 0 Å².